The molecule has 0 spiro atoms. The maximum absolute atomic E-state index is 15.9. The van der Waals surface area contributed by atoms with Crippen LogP contribution in [-0.2, 0) is 65.5 Å². The Kier molecular flexibility index (Phi) is 24.7. The van der Waals surface area contributed by atoms with Crippen molar-refractivity contribution in [3.63, 3.8) is 0 Å². The van der Waals surface area contributed by atoms with E-state index in [-0.39, 0.29) is 124 Å². The lowest BCUT2D eigenvalue weighted by Gasteiger charge is -2.48. The molecule has 114 heavy (non-hydrogen) atoms. The fraction of sp³-hybridized carbons (Fsp3) is 0.452. The number of rotatable bonds is 17. The number of amides is 6. The Morgan fingerprint density at radius 1 is 0.798 bits per heavy atom. The topological polar surface area (TPSA) is 447 Å². The summed E-state index contributed by atoms with van der Waals surface area (Å²) in [5.41, 5.74) is 3.87. The molecule has 41 heteroatoms. The van der Waals surface area contributed by atoms with E-state index in [1.165, 1.54) is 47.2 Å². The number of morpholine rings is 2. The van der Waals surface area contributed by atoms with Crippen molar-refractivity contribution >= 4 is 121 Å². The van der Waals surface area contributed by atoms with Crippen molar-refractivity contribution in [3.8, 4) is 38.4 Å². The van der Waals surface area contributed by atoms with Gasteiger partial charge in [0.1, 0.15) is 133 Å². The van der Waals surface area contributed by atoms with Crippen LogP contribution >= 0.6 is 56.7 Å². The first-order chi connectivity index (χ1) is 54.8. The van der Waals surface area contributed by atoms with Crippen LogP contribution in [0.3, 0.4) is 0 Å². The molecule has 0 unspecified atom stereocenters. The fourth-order valence-corrected chi connectivity index (χ4v) is 18.3. The van der Waals surface area contributed by atoms with E-state index in [4.69, 9.17) is 78.1 Å². The van der Waals surface area contributed by atoms with E-state index >= 15 is 19.2 Å². The van der Waals surface area contributed by atoms with Crippen molar-refractivity contribution in [2.45, 2.75) is 108 Å². The summed E-state index contributed by atoms with van der Waals surface area (Å²) in [6.45, 7) is 13.5. The molecular weight excluding hydrogens is 1580 g/mol. The van der Waals surface area contributed by atoms with Gasteiger partial charge in [-0.2, -0.15) is 4.73 Å². The summed E-state index contributed by atoms with van der Waals surface area (Å²) in [4.78, 5) is 160. The Hall–Kier alpha value is -9.70. The van der Waals surface area contributed by atoms with Crippen LogP contribution in [0.1, 0.15) is 125 Å². The highest BCUT2D eigenvalue weighted by molar-refractivity contribution is 7.14. The highest BCUT2D eigenvalue weighted by Gasteiger charge is 2.50. The SMILES string of the molecule is C=C(NC(=O)c1csc(-c2nc3c(cc2OCCN2CCOCC2)-c2nc(cs2)C(=O)N[C@@H]([C@@H](C)O)C(=O)N/C(=C(\C)OC)c2nc(cs2)C(=O)N[C@@H]2c4nc(cs4)C(=O)N[C@@H](COC(=O)c4c5c6c(cccc6n4OCCN4CCOCC4)COC(=O)[C@@H](O[C@H]4C[C@](C)(O)[C@H](N(C)C)[C@H](C)O4)[C@H]2OC5)c2nc-3cs2)n1)C(N)=O. The number of nitrogens with two attached hydrogens (primary N) is 1. The van der Waals surface area contributed by atoms with Crippen LogP contribution in [0.5, 0.6) is 5.75 Å². The maximum atomic E-state index is 15.9. The molecular formula is C73H82N16O20S5. The van der Waals surface area contributed by atoms with Gasteiger partial charge >= 0.3 is 11.9 Å². The number of fused-ring (bicyclic) bond motifs is 15. The molecule has 36 nitrogen and oxygen atoms in total. The van der Waals surface area contributed by atoms with E-state index in [0.29, 0.717) is 82.2 Å². The Bertz CT molecular complexity index is 5040. The molecule has 13 heterocycles. The molecule has 604 valence electrons. The molecule has 6 aliphatic rings. The number of nitrogens with zero attached hydrogens (tertiary/aromatic N) is 10. The van der Waals surface area contributed by atoms with Gasteiger partial charge in [-0.15, -0.1) is 56.7 Å². The second-order valence-corrected chi connectivity index (χ2v) is 32.2. The van der Waals surface area contributed by atoms with Crippen molar-refractivity contribution < 1.29 is 96.0 Å². The zero-order valence-electron chi connectivity index (χ0n) is 62.7. The lowest BCUT2D eigenvalue weighted by atomic mass is 9.85. The molecule has 9 N–H and O–H groups in total. The molecule has 0 saturated carbocycles. The Morgan fingerprint density at radius 2 is 1.45 bits per heavy atom. The smallest absolute Gasteiger partial charge is 0.358 e. The third-order valence-corrected chi connectivity index (χ3v) is 24.3. The minimum Gasteiger partial charge on any atom is -0.499 e. The molecule has 12 bridgehead atoms. The van der Waals surface area contributed by atoms with Gasteiger partial charge in [0, 0.05) is 89.1 Å². The predicted octanol–water partition coefficient (Wildman–Crippen LogP) is 3.42. The van der Waals surface area contributed by atoms with E-state index in [1.807, 2.05) is 4.90 Å². The Morgan fingerprint density at radius 3 is 2.15 bits per heavy atom. The molecule has 3 fully saturated rings. The number of thiazole rings is 5. The minimum atomic E-state index is -1.90. The van der Waals surface area contributed by atoms with E-state index in [2.05, 4.69) is 47.9 Å². The molecule has 0 radical (unpaired) electrons. The molecule has 6 amide bonds. The number of benzene rings is 1. The van der Waals surface area contributed by atoms with Gasteiger partial charge in [0.2, 0.25) is 5.91 Å². The Labute approximate surface area is 671 Å². The number of aromatic nitrogens is 7. The van der Waals surface area contributed by atoms with Crippen LogP contribution in [0.4, 0.5) is 0 Å². The monoisotopic (exact) mass is 1660 g/mol. The summed E-state index contributed by atoms with van der Waals surface area (Å²) < 4.78 is 58.1. The first kappa shape index (κ1) is 80.9. The molecule has 6 aliphatic heterocycles. The van der Waals surface area contributed by atoms with Crippen LogP contribution < -0.4 is 41.9 Å². The lowest BCUT2D eigenvalue weighted by Crippen LogP contribution is -2.62. The minimum absolute atomic E-state index is 0.00287. The molecule has 10 atom stereocenters. The summed E-state index contributed by atoms with van der Waals surface area (Å²) in [5.74, 6) is -7.20. The van der Waals surface area contributed by atoms with Crippen molar-refractivity contribution in [3.05, 3.63) is 124 Å². The van der Waals surface area contributed by atoms with Crippen LogP contribution in [0.15, 0.2) is 69.2 Å². The molecule has 8 aromatic rings. The third kappa shape index (κ3) is 17.4. The van der Waals surface area contributed by atoms with Crippen LogP contribution in [0.2, 0.25) is 0 Å². The number of carbonyl (C=O) groups is 8. The van der Waals surface area contributed by atoms with E-state index in [0.717, 1.165) is 56.7 Å². The zero-order valence-corrected chi connectivity index (χ0v) is 66.8. The average molecular weight is 1660 g/mol. The third-order valence-electron chi connectivity index (χ3n) is 19.8. The maximum Gasteiger partial charge on any atom is 0.358 e. The van der Waals surface area contributed by atoms with E-state index in [1.54, 1.807) is 57.6 Å². The number of primary amides is 1. The first-order valence-electron chi connectivity index (χ1n) is 36.3. The number of nitrogens with one attached hydrogen (secondary N) is 5. The number of aliphatic hydroxyl groups is 2. The summed E-state index contributed by atoms with van der Waals surface area (Å²) in [6, 6.07) is 1.53. The zero-order chi connectivity index (χ0) is 80.4. The van der Waals surface area contributed by atoms with Gasteiger partial charge in [0.25, 0.3) is 29.5 Å². The number of pyridine rings is 1. The normalized spacial score (nSPS) is 24.2. The highest BCUT2D eigenvalue weighted by Crippen LogP contribution is 2.44. The Balaban J connectivity index is 0.958. The van der Waals surface area contributed by atoms with Gasteiger partial charge in [-0.1, -0.05) is 18.7 Å². The van der Waals surface area contributed by atoms with Crippen LogP contribution in [0, 0.1) is 0 Å². The molecule has 3 saturated heterocycles. The summed E-state index contributed by atoms with van der Waals surface area (Å²) in [5, 5.41) is 45.3. The number of allylic oxidation sites excluding steroid dienone is 1. The number of carbonyl (C=O) groups excluding carboxylic acids is 8. The van der Waals surface area contributed by atoms with Gasteiger partial charge in [0.05, 0.1) is 75.2 Å². The summed E-state index contributed by atoms with van der Waals surface area (Å²) in [6.07, 6.45) is -7.49. The first-order valence-corrected chi connectivity index (χ1v) is 40.7. The number of likely N-dealkylation sites (N-methyl/N-ethyl adjacent to an activating group) is 1. The van der Waals surface area contributed by atoms with Crippen molar-refractivity contribution in [2.75, 3.05) is 107 Å². The number of hydrogen-bond acceptors (Lipinski definition) is 34. The van der Waals surface area contributed by atoms with E-state index < -0.39 is 128 Å². The predicted molar refractivity (Wildman–Crippen MR) is 413 cm³/mol. The fourth-order valence-electron chi connectivity index (χ4n) is 14.1. The lowest BCUT2D eigenvalue weighted by molar-refractivity contribution is -0.280. The van der Waals surface area contributed by atoms with E-state index in [9.17, 15) is 29.4 Å². The molecule has 0 aliphatic carbocycles. The summed E-state index contributed by atoms with van der Waals surface area (Å²) in [7, 11) is 4.91. The van der Waals surface area contributed by atoms with Crippen molar-refractivity contribution in [2.24, 2.45) is 5.73 Å². The number of aliphatic hydroxyl groups excluding tert-OH is 1. The number of methoxy groups -OCH3 is 1. The van der Waals surface area contributed by atoms with Crippen LogP contribution in [0.25, 0.3) is 49.3 Å². The van der Waals surface area contributed by atoms with Gasteiger partial charge in [0.15, 0.2) is 18.1 Å². The second-order valence-electron chi connectivity index (χ2n) is 27.9. The number of hydrogen-bond donors (Lipinski definition) is 8. The standard InChI is InChI=1S/C73H82N16O20S5/c1-34(60(74)91)75-61(92)43-31-113-69(80-43)54-48(103-22-16-87-12-18-101-19-13-87)24-39-53(82-54)42-29-111-67(77-42)41-28-106-71(97)56-40-27-104-57(58(109-49-25-73(5,99)59(86(6)7)37(4)108-49)72(98)105-26-38-10-9-11-47(50(38)40)89(56)107-23-17-88-14-20-102-21-15-88)55(70-81-44(32-114-70)62(93)76-41)85-64(95)46-33-112-68(79-46)52(36(3)100-8)84-65(96)51(35(2)90)83-63(94)45-30-110-66(39)78-45/h9-11,24,29-33,35,37,41,49,51,55,57-59,90,99H,1,12-23,25-28H2,2-8H3,(H2,74,91)(H,75,92)(H,76,93)(H,83,94)(H,84,96)(H,85,95)/b52-36+/t35-,37+,41+,49+,51+,55+,57+,58+,59-,73+/m1/s1. The number of esters is 2. The van der Waals surface area contributed by atoms with Crippen molar-refractivity contribution in [1.82, 2.24) is 75.9 Å². The highest BCUT2D eigenvalue weighted by atomic mass is 32.1. The van der Waals surface area contributed by atoms with Gasteiger partial charge < -0.3 is 94.9 Å². The quantitative estimate of drug-likeness (QED) is 0.0368. The summed E-state index contributed by atoms with van der Waals surface area (Å²) >= 11 is 4.84. The number of cyclic esters (lactones) is 2. The molecule has 1 aromatic carbocycles. The molecule has 14 rings (SSSR count). The van der Waals surface area contributed by atoms with Gasteiger partial charge in [-0.3, -0.25) is 38.6 Å². The van der Waals surface area contributed by atoms with Crippen molar-refractivity contribution in [1.29, 1.82) is 0 Å². The van der Waals surface area contributed by atoms with Gasteiger partial charge in [-0.05, 0) is 59.5 Å². The average Bonchev–Trinajstić information content (AvgIpc) is 1.58. The van der Waals surface area contributed by atoms with Gasteiger partial charge in [-0.25, -0.2) is 39.5 Å². The number of ether oxygens (including phenoxy) is 9. The second kappa shape index (κ2) is 34.8. The largest absolute Gasteiger partial charge is 0.499 e. The molecule has 7 aromatic heterocycles. The van der Waals surface area contributed by atoms with Crippen LogP contribution in [-0.4, -0.2) is 262 Å².